The van der Waals surface area contributed by atoms with Crippen molar-refractivity contribution < 1.29 is 19.0 Å². The van der Waals surface area contributed by atoms with E-state index in [1.807, 2.05) is 6.92 Å². The number of fused-ring (bicyclic) bond motifs is 2. The Bertz CT molecular complexity index is 1430. The van der Waals surface area contributed by atoms with E-state index in [1.165, 1.54) is 18.5 Å². The van der Waals surface area contributed by atoms with Crippen molar-refractivity contribution in [1.82, 2.24) is 19.9 Å². The van der Waals surface area contributed by atoms with Gasteiger partial charge in [0.25, 0.3) is 0 Å². The van der Waals surface area contributed by atoms with E-state index in [1.54, 1.807) is 36.4 Å². The van der Waals surface area contributed by atoms with E-state index < -0.39 is 11.8 Å². The van der Waals surface area contributed by atoms with Gasteiger partial charge in [-0.25, -0.2) is 19.2 Å². The Hall–Kier alpha value is -3.60. The summed E-state index contributed by atoms with van der Waals surface area (Å²) in [5, 5.41) is 10.1. The molecule has 0 fully saturated rings. The Kier molecular flexibility index (Phi) is 5.27. The second-order valence-electron chi connectivity index (χ2n) is 6.90. The zero-order valence-corrected chi connectivity index (χ0v) is 15.7. The van der Waals surface area contributed by atoms with Crippen molar-refractivity contribution in [2.45, 2.75) is 6.92 Å². The average molecular weight is 410 g/mol. The summed E-state index contributed by atoms with van der Waals surface area (Å²) < 4.78 is 20.7. The van der Waals surface area contributed by atoms with E-state index in [4.69, 9.17) is 9.84 Å². The fourth-order valence-corrected chi connectivity index (χ4v) is 3.42. The quantitative estimate of drug-likeness (QED) is 0.381. The van der Waals surface area contributed by atoms with Gasteiger partial charge in [-0.2, -0.15) is 0 Å². The van der Waals surface area contributed by atoms with Crippen LogP contribution in [0.15, 0.2) is 54.9 Å². The molecule has 0 bridgehead atoms. The van der Waals surface area contributed by atoms with Gasteiger partial charge in [0.05, 0.1) is 10.9 Å². The molecular formula is C22H16FLiN4O3. The van der Waals surface area contributed by atoms with Gasteiger partial charge in [0.15, 0.2) is 11.6 Å². The summed E-state index contributed by atoms with van der Waals surface area (Å²) in [5.41, 5.74) is 3.76. The monoisotopic (exact) mass is 410 g/mol. The number of hydrogen-bond acceptors (Lipinski definition) is 4. The van der Waals surface area contributed by atoms with Gasteiger partial charge in [-0.3, -0.25) is 0 Å². The van der Waals surface area contributed by atoms with Gasteiger partial charge in [0.1, 0.15) is 12.0 Å². The van der Waals surface area contributed by atoms with E-state index in [0.29, 0.717) is 27.6 Å². The molecule has 0 saturated carbocycles. The molecule has 0 spiro atoms. The number of carbonyl (C=O) groups is 1. The summed E-state index contributed by atoms with van der Waals surface area (Å²) in [5.74, 6) is -1.18. The number of rotatable bonds is 4. The molecule has 0 saturated heterocycles. The van der Waals surface area contributed by atoms with E-state index in [0.717, 1.165) is 11.3 Å². The Morgan fingerprint density at radius 2 is 1.81 bits per heavy atom. The fourth-order valence-electron chi connectivity index (χ4n) is 3.42. The third-order valence-electron chi connectivity index (χ3n) is 4.88. The number of carboxylic acid groups (broad SMARTS) is 1. The maximum absolute atomic E-state index is 14.9. The van der Waals surface area contributed by atoms with Crippen molar-refractivity contribution in [2.24, 2.45) is 0 Å². The first-order valence-corrected chi connectivity index (χ1v) is 9.13. The predicted octanol–water partition coefficient (Wildman–Crippen LogP) is 4.40. The zero-order valence-electron chi connectivity index (χ0n) is 15.7. The number of ether oxygens (including phenoxy) is 1. The summed E-state index contributed by atoms with van der Waals surface area (Å²) in [7, 11) is 0. The predicted molar refractivity (Wildman–Crippen MR) is 117 cm³/mol. The van der Waals surface area contributed by atoms with Crippen LogP contribution in [0.3, 0.4) is 0 Å². The molecule has 150 valence electrons. The molecule has 9 heteroatoms. The SMILES string of the molecule is Cc1cc2c(F)c(Oc3ncnc4[nH]c(-c5ccc(C(=O)O)cc5)cc34)ccc2[nH]1.[LiH]. The van der Waals surface area contributed by atoms with Crippen LogP contribution in [-0.4, -0.2) is 49.9 Å². The van der Waals surface area contributed by atoms with Gasteiger partial charge >= 0.3 is 24.8 Å². The summed E-state index contributed by atoms with van der Waals surface area (Å²) in [6, 6.07) is 13.3. The number of aromatic carboxylic acids is 1. The Morgan fingerprint density at radius 3 is 2.55 bits per heavy atom. The Morgan fingerprint density at radius 1 is 1.03 bits per heavy atom. The third kappa shape index (κ3) is 3.67. The van der Waals surface area contributed by atoms with Crippen molar-refractivity contribution in [3.63, 3.8) is 0 Å². The molecule has 3 N–H and O–H groups in total. The summed E-state index contributed by atoms with van der Waals surface area (Å²) in [6.45, 7) is 1.86. The van der Waals surface area contributed by atoms with Crippen LogP contribution in [0, 0.1) is 12.7 Å². The van der Waals surface area contributed by atoms with Crippen molar-refractivity contribution in [3.8, 4) is 22.9 Å². The zero-order chi connectivity index (χ0) is 20.8. The molecule has 31 heavy (non-hydrogen) atoms. The first kappa shape index (κ1) is 20.7. The molecule has 3 aromatic heterocycles. The second kappa shape index (κ2) is 7.91. The van der Waals surface area contributed by atoms with Crippen LogP contribution in [0.5, 0.6) is 11.6 Å². The van der Waals surface area contributed by atoms with Crippen LogP contribution in [-0.2, 0) is 0 Å². The van der Waals surface area contributed by atoms with Crippen molar-refractivity contribution in [2.75, 3.05) is 0 Å². The molecule has 3 heterocycles. The molecule has 0 atom stereocenters. The number of nitrogens with one attached hydrogen (secondary N) is 2. The standard InChI is InChI=1S/C22H15FN4O3.Li.H/c1-11-8-14-16(26-11)6-7-18(19(14)23)30-21-15-9-17(27-20(15)24-10-25-21)12-2-4-13(5-3-12)22(28)29;;/h2-10,26H,1H3,(H,28,29)(H,24,25,27);;. The van der Waals surface area contributed by atoms with Crippen LogP contribution in [0.4, 0.5) is 4.39 Å². The normalized spacial score (nSPS) is 10.9. The number of aromatic nitrogens is 4. The maximum atomic E-state index is 14.9. The Labute approximate surface area is 187 Å². The van der Waals surface area contributed by atoms with Crippen molar-refractivity contribution >= 4 is 46.8 Å². The van der Waals surface area contributed by atoms with Crippen LogP contribution < -0.4 is 4.74 Å². The third-order valence-corrected chi connectivity index (χ3v) is 4.88. The first-order valence-electron chi connectivity index (χ1n) is 9.13. The van der Waals surface area contributed by atoms with Gasteiger partial charge in [0.2, 0.25) is 5.88 Å². The molecule has 7 nitrogen and oxygen atoms in total. The van der Waals surface area contributed by atoms with E-state index >= 15 is 0 Å². The number of benzene rings is 2. The molecule has 0 unspecified atom stereocenters. The van der Waals surface area contributed by atoms with Crippen LogP contribution in [0.25, 0.3) is 33.2 Å². The summed E-state index contributed by atoms with van der Waals surface area (Å²) >= 11 is 0. The first-order chi connectivity index (χ1) is 14.5. The topological polar surface area (TPSA) is 104 Å². The van der Waals surface area contributed by atoms with E-state index in [9.17, 15) is 9.18 Å². The number of aryl methyl sites for hydroxylation is 1. The van der Waals surface area contributed by atoms with Gasteiger partial charge < -0.3 is 19.8 Å². The van der Waals surface area contributed by atoms with Crippen LogP contribution in [0.2, 0.25) is 0 Å². The van der Waals surface area contributed by atoms with Gasteiger partial charge in [-0.05, 0) is 48.9 Å². The van der Waals surface area contributed by atoms with E-state index in [-0.39, 0.29) is 36.1 Å². The molecule has 5 aromatic rings. The molecule has 5 rings (SSSR count). The molecule has 0 amide bonds. The molecule has 0 aliphatic carbocycles. The van der Waals surface area contributed by atoms with Crippen LogP contribution >= 0.6 is 0 Å². The number of carboxylic acids is 1. The van der Waals surface area contributed by atoms with Gasteiger partial charge in [-0.15, -0.1) is 0 Å². The van der Waals surface area contributed by atoms with Gasteiger partial charge in [-0.1, -0.05) is 12.1 Å². The molecule has 0 aliphatic rings. The minimum atomic E-state index is -0.989. The van der Waals surface area contributed by atoms with E-state index in [2.05, 4.69) is 19.9 Å². The Balaban J connectivity index is 0.00000231. The summed E-state index contributed by atoms with van der Waals surface area (Å²) in [6.07, 6.45) is 1.34. The second-order valence-corrected chi connectivity index (χ2v) is 6.90. The van der Waals surface area contributed by atoms with Crippen LogP contribution in [0.1, 0.15) is 16.1 Å². The minimum absolute atomic E-state index is 0. The number of nitrogens with zero attached hydrogens (tertiary/aromatic N) is 2. The molecule has 2 aromatic carbocycles. The summed E-state index contributed by atoms with van der Waals surface area (Å²) in [4.78, 5) is 25.7. The van der Waals surface area contributed by atoms with Crippen molar-refractivity contribution in [3.05, 3.63) is 71.9 Å². The fraction of sp³-hybridized carbons (Fsp3) is 0.0455. The van der Waals surface area contributed by atoms with Crippen molar-refractivity contribution in [1.29, 1.82) is 0 Å². The number of halogens is 1. The molecule has 0 radical (unpaired) electrons. The van der Waals surface area contributed by atoms with Gasteiger partial charge in [0, 0.05) is 22.3 Å². The molecule has 0 aliphatic heterocycles. The number of aromatic amines is 2. The average Bonchev–Trinajstić information content (AvgIpc) is 3.34. The number of hydrogen-bond donors (Lipinski definition) is 3. The molecular weight excluding hydrogens is 394 g/mol. The number of H-pyrrole nitrogens is 2.